The van der Waals surface area contributed by atoms with E-state index in [-0.39, 0.29) is 11.4 Å². The first-order valence-corrected chi connectivity index (χ1v) is 6.59. The quantitative estimate of drug-likeness (QED) is 0.829. The summed E-state index contributed by atoms with van der Waals surface area (Å²) in [5.74, 6) is 0. The fourth-order valence-corrected chi connectivity index (χ4v) is 2.28. The number of hydrogen-bond donors (Lipinski definition) is 2. The lowest BCUT2D eigenvalue weighted by Crippen LogP contribution is -2.46. The van der Waals surface area contributed by atoms with Gasteiger partial charge in [0.15, 0.2) is 0 Å². The van der Waals surface area contributed by atoms with Gasteiger partial charge in [-0.1, -0.05) is 32.9 Å². The van der Waals surface area contributed by atoms with Crippen LogP contribution in [-0.2, 0) is 0 Å². The predicted molar refractivity (Wildman–Crippen MR) is 77.7 cm³/mol. The summed E-state index contributed by atoms with van der Waals surface area (Å²) in [6, 6.07) is 10.3. The lowest BCUT2D eigenvalue weighted by molar-refractivity contribution is 0.235. The molecule has 0 unspecified atom stereocenters. The van der Waals surface area contributed by atoms with Gasteiger partial charge in [0.05, 0.1) is 29.3 Å². The first kappa shape index (κ1) is 14.6. The van der Waals surface area contributed by atoms with Crippen LogP contribution in [0, 0.1) is 28.1 Å². The zero-order valence-electron chi connectivity index (χ0n) is 12.2. The standard InChI is InChI=1S/C16H16N4O/c1-16(2,3)14-12(9-18)13(19-15(21)20-14)11-6-4-10(8-17)5-7-11/h4-7,13H,1-3H3,(H2,19,20,21)/t13-/m0/s1. The second kappa shape index (κ2) is 5.30. The van der Waals surface area contributed by atoms with Crippen molar-refractivity contribution in [2.75, 3.05) is 0 Å². The Labute approximate surface area is 123 Å². The lowest BCUT2D eigenvalue weighted by Gasteiger charge is -2.33. The molecule has 1 heterocycles. The summed E-state index contributed by atoms with van der Waals surface area (Å²) in [7, 11) is 0. The van der Waals surface area contributed by atoms with Crippen LogP contribution in [0.3, 0.4) is 0 Å². The molecule has 0 spiro atoms. The van der Waals surface area contributed by atoms with Crippen molar-refractivity contribution in [1.29, 1.82) is 10.5 Å². The van der Waals surface area contributed by atoms with Gasteiger partial charge in [-0.3, -0.25) is 0 Å². The van der Waals surface area contributed by atoms with E-state index in [2.05, 4.69) is 16.7 Å². The minimum absolute atomic E-state index is 0.326. The Hall–Kier alpha value is -2.79. The van der Waals surface area contributed by atoms with Crippen LogP contribution in [-0.4, -0.2) is 6.03 Å². The number of amides is 2. The monoisotopic (exact) mass is 280 g/mol. The molecule has 0 aliphatic carbocycles. The highest BCUT2D eigenvalue weighted by Crippen LogP contribution is 2.34. The molecule has 5 heteroatoms. The average molecular weight is 280 g/mol. The van der Waals surface area contributed by atoms with E-state index < -0.39 is 6.04 Å². The van der Waals surface area contributed by atoms with E-state index in [1.807, 2.05) is 26.8 Å². The Bertz CT molecular complexity index is 681. The van der Waals surface area contributed by atoms with Crippen molar-refractivity contribution < 1.29 is 4.79 Å². The number of nitrogens with one attached hydrogen (secondary N) is 2. The predicted octanol–water partition coefficient (Wildman–Crippen LogP) is 2.74. The fraction of sp³-hybridized carbons (Fsp3) is 0.312. The minimum atomic E-state index is -0.495. The molecule has 21 heavy (non-hydrogen) atoms. The Kier molecular flexibility index (Phi) is 3.69. The van der Waals surface area contributed by atoms with Gasteiger partial charge in [-0.2, -0.15) is 10.5 Å². The Morgan fingerprint density at radius 2 is 1.71 bits per heavy atom. The summed E-state index contributed by atoms with van der Waals surface area (Å²) in [6.45, 7) is 5.84. The number of carbonyl (C=O) groups excluding carboxylic acids is 1. The zero-order valence-corrected chi connectivity index (χ0v) is 12.2. The maximum absolute atomic E-state index is 11.9. The maximum Gasteiger partial charge on any atom is 0.319 e. The molecule has 1 aliphatic rings. The second-order valence-corrected chi connectivity index (χ2v) is 5.92. The van der Waals surface area contributed by atoms with Crippen molar-refractivity contribution in [3.05, 3.63) is 46.7 Å². The van der Waals surface area contributed by atoms with Gasteiger partial charge < -0.3 is 10.6 Å². The normalized spacial score (nSPS) is 18.3. The van der Waals surface area contributed by atoms with Gasteiger partial charge in [0.2, 0.25) is 0 Å². The van der Waals surface area contributed by atoms with E-state index >= 15 is 0 Å². The highest BCUT2D eigenvalue weighted by Gasteiger charge is 2.33. The summed E-state index contributed by atoms with van der Waals surface area (Å²) in [5.41, 5.74) is 2.10. The number of urea groups is 1. The highest BCUT2D eigenvalue weighted by molar-refractivity contribution is 5.80. The van der Waals surface area contributed by atoms with Gasteiger partial charge in [-0.05, 0) is 17.7 Å². The number of nitriles is 2. The number of nitrogens with zero attached hydrogens (tertiary/aromatic N) is 2. The van der Waals surface area contributed by atoms with Crippen LogP contribution in [0.4, 0.5) is 4.79 Å². The summed E-state index contributed by atoms with van der Waals surface area (Å²) in [4.78, 5) is 11.9. The largest absolute Gasteiger partial charge is 0.326 e. The van der Waals surface area contributed by atoms with Crippen LogP contribution in [0.15, 0.2) is 35.5 Å². The Balaban J connectivity index is 2.53. The molecule has 2 N–H and O–H groups in total. The van der Waals surface area contributed by atoms with Gasteiger partial charge in [0.25, 0.3) is 0 Å². The van der Waals surface area contributed by atoms with Gasteiger partial charge in [0.1, 0.15) is 0 Å². The van der Waals surface area contributed by atoms with Crippen molar-refractivity contribution in [1.82, 2.24) is 10.6 Å². The Morgan fingerprint density at radius 1 is 1.10 bits per heavy atom. The van der Waals surface area contributed by atoms with Crippen LogP contribution in [0.25, 0.3) is 0 Å². The van der Waals surface area contributed by atoms with E-state index in [1.54, 1.807) is 24.3 Å². The molecule has 0 saturated carbocycles. The van der Waals surface area contributed by atoms with E-state index in [9.17, 15) is 10.1 Å². The molecule has 0 radical (unpaired) electrons. The van der Waals surface area contributed by atoms with Crippen LogP contribution in [0.5, 0.6) is 0 Å². The molecular weight excluding hydrogens is 264 g/mol. The second-order valence-electron chi connectivity index (χ2n) is 5.92. The maximum atomic E-state index is 11.9. The lowest BCUT2D eigenvalue weighted by atomic mass is 9.84. The third kappa shape index (κ3) is 2.88. The minimum Gasteiger partial charge on any atom is -0.326 e. The van der Waals surface area contributed by atoms with Crippen LogP contribution >= 0.6 is 0 Å². The van der Waals surface area contributed by atoms with Crippen molar-refractivity contribution in [2.24, 2.45) is 5.41 Å². The van der Waals surface area contributed by atoms with Crippen LogP contribution in [0.2, 0.25) is 0 Å². The van der Waals surface area contributed by atoms with Crippen molar-refractivity contribution in [2.45, 2.75) is 26.8 Å². The van der Waals surface area contributed by atoms with E-state index in [1.165, 1.54) is 0 Å². The van der Waals surface area contributed by atoms with Crippen molar-refractivity contribution in [3.8, 4) is 12.1 Å². The third-order valence-corrected chi connectivity index (χ3v) is 3.32. The van der Waals surface area contributed by atoms with Gasteiger partial charge in [-0.25, -0.2) is 4.79 Å². The number of benzene rings is 1. The molecule has 1 aliphatic heterocycles. The fourth-order valence-electron chi connectivity index (χ4n) is 2.28. The molecule has 5 nitrogen and oxygen atoms in total. The summed E-state index contributed by atoms with van der Waals surface area (Å²) in [5, 5.41) is 23.8. The van der Waals surface area contributed by atoms with Crippen LogP contribution < -0.4 is 10.6 Å². The van der Waals surface area contributed by atoms with Crippen molar-refractivity contribution in [3.63, 3.8) is 0 Å². The first-order chi connectivity index (χ1) is 9.86. The molecule has 0 aromatic heterocycles. The van der Waals surface area contributed by atoms with Gasteiger partial charge >= 0.3 is 6.03 Å². The highest BCUT2D eigenvalue weighted by atomic mass is 16.2. The summed E-state index contributed by atoms with van der Waals surface area (Å²) in [6.07, 6.45) is 0. The topological polar surface area (TPSA) is 88.7 Å². The number of allylic oxidation sites excluding steroid dienone is 1. The summed E-state index contributed by atoms with van der Waals surface area (Å²) < 4.78 is 0. The SMILES string of the molecule is CC(C)(C)C1=C(C#N)[C@H](c2ccc(C#N)cc2)NC(=O)N1. The number of rotatable bonds is 1. The average Bonchev–Trinajstić information content (AvgIpc) is 2.45. The van der Waals surface area contributed by atoms with Crippen LogP contribution in [0.1, 0.15) is 37.9 Å². The molecule has 106 valence electrons. The molecule has 0 saturated heterocycles. The van der Waals surface area contributed by atoms with Gasteiger partial charge in [-0.15, -0.1) is 0 Å². The Morgan fingerprint density at radius 3 is 2.19 bits per heavy atom. The third-order valence-electron chi connectivity index (χ3n) is 3.32. The van der Waals surface area contributed by atoms with Crippen molar-refractivity contribution >= 4 is 6.03 Å². The molecule has 1 aromatic rings. The molecule has 2 amide bonds. The van der Waals surface area contributed by atoms with E-state index in [0.717, 1.165) is 5.56 Å². The van der Waals surface area contributed by atoms with E-state index in [0.29, 0.717) is 16.8 Å². The summed E-state index contributed by atoms with van der Waals surface area (Å²) >= 11 is 0. The molecule has 0 fully saturated rings. The molecule has 1 aromatic carbocycles. The smallest absolute Gasteiger partial charge is 0.319 e. The number of hydrogen-bond acceptors (Lipinski definition) is 3. The number of carbonyl (C=O) groups is 1. The molecule has 2 rings (SSSR count). The molecular formula is C16H16N4O. The van der Waals surface area contributed by atoms with E-state index in [4.69, 9.17) is 5.26 Å². The van der Waals surface area contributed by atoms with Gasteiger partial charge in [0, 0.05) is 11.1 Å². The zero-order chi connectivity index (χ0) is 15.6. The first-order valence-electron chi connectivity index (χ1n) is 6.59. The molecule has 1 atom stereocenters. The molecule has 0 bridgehead atoms.